The molecule has 1 heterocycles. The van der Waals surface area contributed by atoms with Crippen LogP contribution in [0, 0.1) is 5.82 Å². The first-order chi connectivity index (χ1) is 12.9. The second kappa shape index (κ2) is 5.67. The molecule has 0 fully saturated rings. The summed E-state index contributed by atoms with van der Waals surface area (Å²) in [7, 11) is 0. The summed E-state index contributed by atoms with van der Waals surface area (Å²) in [4.78, 5) is 0. The quantitative estimate of drug-likeness (QED) is 0.579. The maximum atomic E-state index is 14.4. The van der Waals surface area contributed by atoms with E-state index in [-0.39, 0.29) is 27.8 Å². The fraction of sp³-hybridized carbons (Fsp3) is 0.286. The minimum absolute atomic E-state index is 0.172. The van der Waals surface area contributed by atoms with E-state index in [0.717, 1.165) is 6.07 Å². The zero-order valence-corrected chi connectivity index (χ0v) is 15.5. The van der Waals surface area contributed by atoms with Gasteiger partial charge in [0.25, 0.3) is 0 Å². The number of hydrogen-bond acceptors (Lipinski definition) is 2. The molecular formula is C21H18F4N2O. The van der Waals surface area contributed by atoms with Gasteiger partial charge in [-0.3, -0.25) is 4.68 Å². The Morgan fingerprint density at radius 3 is 2.29 bits per heavy atom. The first-order valence-electron chi connectivity index (χ1n) is 8.73. The fourth-order valence-corrected chi connectivity index (χ4v) is 3.71. The average Bonchev–Trinajstić information content (AvgIpc) is 3.18. The number of alkyl halides is 3. The molecule has 7 heteroatoms. The minimum Gasteiger partial charge on any atom is -0.372 e. The molecule has 1 N–H and O–H groups in total. The van der Waals surface area contributed by atoms with E-state index in [1.54, 1.807) is 16.9 Å². The molecule has 0 spiro atoms. The van der Waals surface area contributed by atoms with Gasteiger partial charge in [-0.2, -0.15) is 18.3 Å². The SMILES string of the molecule is CC(C)(C)n1cc(-c2cc(F)cc3c2-c2ccccc2C3(O)C(F)(F)F)cn1. The van der Waals surface area contributed by atoms with Gasteiger partial charge >= 0.3 is 6.18 Å². The van der Waals surface area contributed by atoms with Crippen molar-refractivity contribution in [3.8, 4) is 22.3 Å². The highest BCUT2D eigenvalue weighted by molar-refractivity contribution is 5.92. The summed E-state index contributed by atoms with van der Waals surface area (Å²) < 4.78 is 57.9. The van der Waals surface area contributed by atoms with Gasteiger partial charge in [0.1, 0.15) is 5.82 Å². The van der Waals surface area contributed by atoms with E-state index in [9.17, 15) is 22.7 Å². The first-order valence-corrected chi connectivity index (χ1v) is 8.73. The second-order valence-electron chi connectivity index (χ2n) is 7.97. The van der Waals surface area contributed by atoms with E-state index >= 15 is 0 Å². The molecule has 1 aliphatic rings. The molecule has 4 rings (SSSR count). The Labute approximate surface area is 159 Å². The lowest BCUT2D eigenvalue weighted by Gasteiger charge is -2.28. The van der Waals surface area contributed by atoms with Crippen LogP contribution >= 0.6 is 0 Å². The Morgan fingerprint density at radius 1 is 1.00 bits per heavy atom. The van der Waals surface area contributed by atoms with Gasteiger partial charge in [0.15, 0.2) is 0 Å². The van der Waals surface area contributed by atoms with E-state index in [4.69, 9.17) is 0 Å². The third kappa shape index (κ3) is 2.49. The molecule has 0 aliphatic heterocycles. The summed E-state index contributed by atoms with van der Waals surface area (Å²) >= 11 is 0. The summed E-state index contributed by atoms with van der Waals surface area (Å²) in [6.07, 6.45) is -1.84. The highest BCUT2D eigenvalue weighted by Gasteiger charge is 2.61. The molecule has 2 aromatic carbocycles. The van der Waals surface area contributed by atoms with Crippen molar-refractivity contribution in [2.45, 2.75) is 38.1 Å². The number of fused-ring (bicyclic) bond motifs is 3. The van der Waals surface area contributed by atoms with Crippen molar-refractivity contribution < 1.29 is 22.7 Å². The lowest BCUT2D eigenvalue weighted by atomic mass is 9.89. The van der Waals surface area contributed by atoms with Crippen molar-refractivity contribution in [3.05, 3.63) is 65.7 Å². The van der Waals surface area contributed by atoms with Crippen LogP contribution in [0.25, 0.3) is 22.3 Å². The van der Waals surface area contributed by atoms with E-state index in [0.29, 0.717) is 5.56 Å². The summed E-state index contributed by atoms with van der Waals surface area (Å²) in [5.41, 5.74) is -3.27. The maximum Gasteiger partial charge on any atom is 0.425 e. The maximum absolute atomic E-state index is 14.4. The Morgan fingerprint density at radius 2 is 1.68 bits per heavy atom. The first kappa shape index (κ1) is 18.7. The number of rotatable bonds is 1. The van der Waals surface area contributed by atoms with E-state index < -0.39 is 23.2 Å². The van der Waals surface area contributed by atoms with Crippen molar-refractivity contribution >= 4 is 0 Å². The Bertz CT molecular complexity index is 1080. The number of halogens is 4. The van der Waals surface area contributed by atoms with Crippen LogP contribution in [-0.2, 0) is 11.1 Å². The second-order valence-corrected chi connectivity index (χ2v) is 7.97. The zero-order chi connectivity index (χ0) is 20.5. The number of aromatic nitrogens is 2. The highest BCUT2D eigenvalue weighted by Crippen LogP contribution is 2.57. The van der Waals surface area contributed by atoms with Crippen molar-refractivity contribution in [3.63, 3.8) is 0 Å². The third-order valence-electron chi connectivity index (χ3n) is 5.07. The van der Waals surface area contributed by atoms with Gasteiger partial charge in [-0.15, -0.1) is 0 Å². The molecular weight excluding hydrogens is 372 g/mol. The fourth-order valence-electron chi connectivity index (χ4n) is 3.71. The predicted molar refractivity (Wildman–Crippen MR) is 97.1 cm³/mol. The number of benzene rings is 2. The Hall–Kier alpha value is -2.67. The molecule has 1 aromatic heterocycles. The monoisotopic (exact) mass is 390 g/mol. The van der Waals surface area contributed by atoms with Crippen molar-refractivity contribution in [2.75, 3.05) is 0 Å². The van der Waals surface area contributed by atoms with Crippen LogP contribution in [0.2, 0.25) is 0 Å². The molecule has 1 unspecified atom stereocenters. The molecule has 3 aromatic rings. The van der Waals surface area contributed by atoms with Gasteiger partial charge in [0.05, 0.1) is 11.7 Å². The molecule has 0 saturated carbocycles. The van der Waals surface area contributed by atoms with E-state index in [1.165, 1.54) is 30.5 Å². The summed E-state index contributed by atoms with van der Waals surface area (Å²) in [6, 6.07) is 7.70. The molecule has 1 atom stereocenters. The Kier molecular flexibility index (Phi) is 3.78. The van der Waals surface area contributed by atoms with Crippen LogP contribution in [-0.4, -0.2) is 21.1 Å². The van der Waals surface area contributed by atoms with Crippen LogP contribution in [0.1, 0.15) is 31.9 Å². The average molecular weight is 390 g/mol. The topological polar surface area (TPSA) is 38.0 Å². The lowest BCUT2D eigenvalue weighted by molar-refractivity contribution is -0.246. The van der Waals surface area contributed by atoms with Crippen molar-refractivity contribution in [2.24, 2.45) is 0 Å². The van der Waals surface area contributed by atoms with Crippen molar-refractivity contribution in [1.29, 1.82) is 0 Å². The predicted octanol–water partition coefficient (Wildman–Crippen LogP) is 5.22. The summed E-state index contributed by atoms with van der Waals surface area (Å²) in [5.74, 6) is -0.854. The molecule has 0 bridgehead atoms. The molecule has 3 nitrogen and oxygen atoms in total. The normalized spacial score (nSPS) is 18.9. The standard InChI is InChI=1S/C21H18F4N2O/c1-19(2,3)27-11-12(10-26-27)15-8-13(22)9-17-18(15)14-6-4-5-7-16(14)20(17,28)21(23,24)25/h4-11,28H,1-3H3. The number of nitrogens with zero attached hydrogens (tertiary/aromatic N) is 2. The highest BCUT2D eigenvalue weighted by atomic mass is 19.4. The summed E-state index contributed by atoms with van der Waals surface area (Å²) in [5, 5.41) is 15.0. The van der Waals surface area contributed by atoms with Gasteiger partial charge in [0.2, 0.25) is 5.60 Å². The molecule has 1 aliphatic carbocycles. The lowest BCUT2D eigenvalue weighted by Crippen LogP contribution is -2.41. The summed E-state index contributed by atoms with van der Waals surface area (Å²) in [6.45, 7) is 5.78. The number of aliphatic hydroxyl groups is 1. The molecule has 0 radical (unpaired) electrons. The Balaban J connectivity index is 2.06. The molecule has 146 valence electrons. The van der Waals surface area contributed by atoms with E-state index in [1.807, 2.05) is 20.8 Å². The molecule has 0 amide bonds. The largest absolute Gasteiger partial charge is 0.425 e. The van der Waals surface area contributed by atoms with Crippen LogP contribution in [0.15, 0.2) is 48.8 Å². The van der Waals surface area contributed by atoms with Crippen molar-refractivity contribution in [1.82, 2.24) is 9.78 Å². The smallest absolute Gasteiger partial charge is 0.372 e. The van der Waals surface area contributed by atoms with Gasteiger partial charge in [-0.1, -0.05) is 24.3 Å². The van der Waals surface area contributed by atoms with Crippen LogP contribution in [0.5, 0.6) is 0 Å². The number of hydrogen-bond donors (Lipinski definition) is 1. The van der Waals surface area contributed by atoms with Gasteiger partial charge in [-0.25, -0.2) is 4.39 Å². The van der Waals surface area contributed by atoms with Crippen LogP contribution in [0.3, 0.4) is 0 Å². The minimum atomic E-state index is -5.00. The van der Waals surface area contributed by atoms with Gasteiger partial charge in [-0.05, 0) is 49.6 Å². The van der Waals surface area contributed by atoms with Crippen LogP contribution in [0.4, 0.5) is 17.6 Å². The third-order valence-corrected chi connectivity index (χ3v) is 5.07. The molecule has 0 saturated heterocycles. The van der Waals surface area contributed by atoms with Gasteiger partial charge in [0, 0.05) is 22.9 Å². The van der Waals surface area contributed by atoms with E-state index in [2.05, 4.69) is 5.10 Å². The van der Waals surface area contributed by atoms with Crippen LogP contribution < -0.4 is 0 Å². The van der Waals surface area contributed by atoms with Gasteiger partial charge < -0.3 is 5.11 Å². The zero-order valence-electron chi connectivity index (χ0n) is 15.5. The molecule has 28 heavy (non-hydrogen) atoms.